The van der Waals surface area contributed by atoms with Crippen molar-refractivity contribution in [1.29, 1.82) is 0 Å². The average molecular weight is 162 g/mol. The SMILES string of the molecule is Cc1ccc(F)c2cnncc12. The molecule has 2 aromatic rings. The maximum Gasteiger partial charge on any atom is 0.132 e. The fourth-order valence-electron chi connectivity index (χ4n) is 1.20. The van der Waals surface area contributed by atoms with Crippen LogP contribution in [-0.4, -0.2) is 10.2 Å². The molecule has 0 aliphatic carbocycles. The summed E-state index contributed by atoms with van der Waals surface area (Å²) in [6.07, 6.45) is 3.02. The Hall–Kier alpha value is -1.51. The summed E-state index contributed by atoms with van der Waals surface area (Å²) in [6.45, 7) is 1.92. The van der Waals surface area contributed by atoms with E-state index in [1.807, 2.05) is 6.92 Å². The van der Waals surface area contributed by atoms with Crippen molar-refractivity contribution in [3.63, 3.8) is 0 Å². The number of fused-ring (bicyclic) bond motifs is 1. The highest BCUT2D eigenvalue weighted by molar-refractivity contribution is 5.84. The molecule has 0 saturated heterocycles. The van der Waals surface area contributed by atoms with Gasteiger partial charge < -0.3 is 0 Å². The minimum atomic E-state index is -0.245. The van der Waals surface area contributed by atoms with Gasteiger partial charge in [0.2, 0.25) is 0 Å². The van der Waals surface area contributed by atoms with E-state index in [-0.39, 0.29) is 5.82 Å². The number of hydrogen-bond donors (Lipinski definition) is 0. The Morgan fingerprint density at radius 1 is 1.08 bits per heavy atom. The second kappa shape index (κ2) is 2.52. The first kappa shape index (κ1) is 7.16. The molecule has 0 N–H and O–H groups in total. The lowest BCUT2D eigenvalue weighted by atomic mass is 10.1. The standard InChI is InChI=1S/C9H7FN2/c1-6-2-3-9(10)8-5-12-11-4-7(6)8/h2-5H,1H3. The van der Waals surface area contributed by atoms with Crippen molar-refractivity contribution in [2.75, 3.05) is 0 Å². The minimum absolute atomic E-state index is 0.245. The van der Waals surface area contributed by atoms with E-state index in [4.69, 9.17) is 0 Å². The first-order valence-electron chi connectivity index (χ1n) is 3.64. The smallest absolute Gasteiger partial charge is 0.132 e. The molecule has 0 amide bonds. The Bertz CT molecular complexity index is 385. The van der Waals surface area contributed by atoms with Gasteiger partial charge in [0.25, 0.3) is 0 Å². The summed E-state index contributed by atoms with van der Waals surface area (Å²) in [5.41, 5.74) is 1.02. The zero-order valence-corrected chi connectivity index (χ0v) is 6.58. The number of halogens is 1. The van der Waals surface area contributed by atoms with E-state index in [0.717, 1.165) is 10.9 Å². The maximum absolute atomic E-state index is 13.1. The quantitative estimate of drug-likeness (QED) is 0.592. The van der Waals surface area contributed by atoms with Crippen LogP contribution in [0.1, 0.15) is 5.56 Å². The number of benzene rings is 1. The van der Waals surface area contributed by atoms with Crippen LogP contribution in [0.15, 0.2) is 24.5 Å². The zero-order chi connectivity index (χ0) is 8.55. The summed E-state index contributed by atoms with van der Waals surface area (Å²) in [5.74, 6) is -0.245. The molecule has 1 aromatic carbocycles. The first-order valence-corrected chi connectivity index (χ1v) is 3.64. The van der Waals surface area contributed by atoms with E-state index in [9.17, 15) is 4.39 Å². The summed E-state index contributed by atoms with van der Waals surface area (Å²) in [4.78, 5) is 0. The Morgan fingerprint density at radius 2 is 1.75 bits per heavy atom. The summed E-state index contributed by atoms with van der Waals surface area (Å²) in [6, 6.07) is 3.18. The van der Waals surface area contributed by atoms with Crippen LogP contribution in [0.2, 0.25) is 0 Å². The predicted molar refractivity (Wildman–Crippen MR) is 44.2 cm³/mol. The monoisotopic (exact) mass is 162 g/mol. The van der Waals surface area contributed by atoms with Crippen LogP contribution in [-0.2, 0) is 0 Å². The van der Waals surface area contributed by atoms with Crippen LogP contribution in [0, 0.1) is 12.7 Å². The van der Waals surface area contributed by atoms with Crippen molar-refractivity contribution >= 4 is 10.8 Å². The highest BCUT2D eigenvalue weighted by Crippen LogP contribution is 2.18. The van der Waals surface area contributed by atoms with Gasteiger partial charge in [0.15, 0.2) is 0 Å². The normalized spacial score (nSPS) is 10.5. The van der Waals surface area contributed by atoms with E-state index in [1.165, 1.54) is 12.3 Å². The van der Waals surface area contributed by atoms with Gasteiger partial charge in [-0.3, -0.25) is 0 Å². The van der Waals surface area contributed by atoms with Crippen molar-refractivity contribution in [1.82, 2.24) is 10.2 Å². The van der Waals surface area contributed by atoms with Gasteiger partial charge in [-0.1, -0.05) is 6.07 Å². The van der Waals surface area contributed by atoms with Crippen LogP contribution >= 0.6 is 0 Å². The first-order chi connectivity index (χ1) is 5.79. The van der Waals surface area contributed by atoms with Crippen molar-refractivity contribution in [2.45, 2.75) is 6.92 Å². The average Bonchev–Trinajstić information content (AvgIpc) is 2.12. The van der Waals surface area contributed by atoms with Crippen LogP contribution in [0.25, 0.3) is 10.8 Å². The maximum atomic E-state index is 13.1. The fraction of sp³-hybridized carbons (Fsp3) is 0.111. The van der Waals surface area contributed by atoms with Crippen molar-refractivity contribution < 1.29 is 4.39 Å². The lowest BCUT2D eigenvalue weighted by molar-refractivity contribution is 0.639. The van der Waals surface area contributed by atoms with E-state index < -0.39 is 0 Å². The molecule has 0 aliphatic rings. The molecule has 0 saturated carbocycles. The fourth-order valence-corrected chi connectivity index (χ4v) is 1.20. The second-order valence-corrected chi connectivity index (χ2v) is 2.68. The molecule has 60 valence electrons. The largest absolute Gasteiger partial charge is 0.206 e. The molecule has 1 aromatic heterocycles. The Labute approximate surface area is 69.1 Å². The molecule has 0 bridgehead atoms. The summed E-state index contributed by atoms with van der Waals surface area (Å²) < 4.78 is 13.1. The molecule has 0 radical (unpaired) electrons. The molecule has 0 fully saturated rings. The van der Waals surface area contributed by atoms with Crippen molar-refractivity contribution in [3.05, 3.63) is 35.9 Å². The van der Waals surface area contributed by atoms with Crippen molar-refractivity contribution in [2.24, 2.45) is 0 Å². The number of aromatic nitrogens is 2. The van der Waals surface area contributed by atoms with Crippen molar-refractivity contribution in [3.8, 4) is 0 Å². The number of rotatable bonds is 0. The van der Waals surface area contributed by atoms with Gasteiger partial charge in [0.05, 0.1) is 12.4 Å². The number of aryl methyl sites for hydroxylation is 1. The molecule has 12 heavy (non-hydrogen) atoms. The van der Waals surface area contributed by atoms with Gasteiger partial charge in [0, 0.05) is 10.8 Å². The van der Waals surface area contributed by atoms with E-state index in [2.05, 4.69) is 10.2 Å². The van der Waals surface area contributed by atoms with Crippen LogP contribution in [0.5, 0.6) is 0 Å². The third-order valence-corrected chi connectivity index (χ3v) is 1.89. The van der Waals surface area contributed by atoms with Gasteiger partial charge in [-0.05, 0) is 18.6 Å². The Balaban J connectivity index is 2.95. The van der Waals surface area contributed by atoms with Crippen LogP contribution in [0.4, 0.5) is 4.39 Å². The van der Waals surface area contributed by atoms with E-state index >= 15 is 0 Å². The van der Waals surface area contributed by atoms with E-state index in [1.54, 1.807) is 12.3 Å². The van der Waals surface area contributed by atoms with Gasteiger partial charge in [0.1, 0.15) is 5.82 Å². The molecule has 2 rings (SSSR count). The van der Waals surface area contributed by atoms with Crippen LogP contribution < -0.4 is 0 Å². The molecule has 0 unspecified atom stereocenters. The number of nitrogens with zero attached hydrogens (tertiary/aromatic N) is 2. The van der Waals surface area contributed by atoms with E-state index in [0.29, 0.717) is 5.39 Å². The van der Waals surface area contributed by atoms with Crippen LogP contribution in [0.3, 0.4) is 0 Å². The molecule has 0 atom stereocenters. The molecule has 0 aliphatic heterocycles. The van der Waals surface area contributed by atoms with Gasteiger partial charge >= 0.3 is 0 Å². The van der Waals surface area contributed by atoms with Gasteiger partial charge in [-0.15, -0.1) is 0 Å². The molecular formula is C9H7FN2. The molecule has 2 nitrogen and oxygen atoms in total. The lowest BCUT2D eigenvalue weighted by Gasteiger charge is -1.99. The molecule has 3 heteroatoms. The second-order valence-electron chi connectivity index (χ2n) is 2.68. The zero-order valence-electron chi connectivity index (χ0n) is 6.58. The molecular weight excluding hydrogens is 155 g/mol. The van der Waals surface area contributed by atoms with Gasteiger partial charge in [-0.2, -0.15) is 10.2 Å². The minimum Gasteiger partial charge on any atom is -0.206 e. The molecule has 1 heterocycles. The lowest BCUT2D eigenvalue weighted by Crippen LogP contribution is -1.86. The topological polar surface area (TPSA) is 25.8 Å². The highest BCUT2D eigenvalue weighted by atomic mass is 19.1. The summed E-state index contributed by atoms with van der Waals surface area (Å²) in [5, 5.41) is 8.68. The van der Waals surface area contributed by atoms with Gasteiger partial charge in [-0.25, -0.2) is 4.39 Å². The summed E-state index contributed by atoms with van der Waals surface area (Å²) >= 11 is 0. The summed E-state index contributed by atoms with van der Waals surface area (Å²) in [7, 11) is 0. The highest BCUT2D eigenvalue weighted by Gasteiger charge is 2.01. The number of hydrogen-bond acceptors (Lipinski definition) is 2. The third-order valence-electron chi connectivity index (χ3n) is 1.89. The Kier molecular flexibility index (Phi) is 1.50. The Morgan fingerprint density at radius 3 is 2.42 bits per heavy atom. The third kappa shape index (κ3) is 0.942. The molecule has 0 spiro atoms. The predicted octanol–water partition coefficient (Wildman–Crippen LogP) is 2.08.